The lowest BCUT2D eigenvalue weighted by Crippen LogP contribution is -2.28. The van der Waals surface area contributed by atoms with Gasteiger partial charge in [-0.05, 0) is 49.6 Å². The zero-order chi connectivity index (χ0) is 21.6. The zero-order valence-electron chi connectivity index (χ0n) is 16.5. The number of benzene rings is 1. The van der Waals surface area contributed by atoms with E-state index < -0.39 is 35.1 Å². The summed E-state index contributed by atoms with van der Waals surface area (Å²) < 4.78 is 5.82. The average molecular weight is 407 g/mol. The van der Waals surface area contributed by atoms with Gasteiger partial charge in [-0.25, -0.2) is 0 Å². The number of aromatic nitrogens is 1. The lowest BCUT2D eigenvalue weighted by Gasteiger charge is -2.34. The number of phenols is 3. The van der Waals surface area contributed by atoms with E-state index in [2.05, 4.69) is 4.98 Å². The number of aromatic hydroxyl groups is 3. The van der Waals surface area contributed by atoms with Crippen LogP contribution in [0, 0.1) is 0 Å². The number of fused-ring (bicyclic) bond motifs is 3. The molecule has 0 amide bonds. The second kappa shape index (κ2) is 7.26. The Morgan fingerprint density at radius 3 is 2.50 bits per heavy atom. The first kappa shape index (κ1) is 19.6. The molecular formula is C23H21NO6. The van der Waals surface area contributed by atoms with Crippen LogP contribution in [-0.2, 0) is 9.53 Å². The molecule has 0 spiro atoms. The van der Waals surface area contributed by atoms with Crippen LogP contribution in [0.3, 0.4) is 0 Å². The first-order valence-electron chi connectivity index (χ1n) is 9.45. The molecule has 2 atom stereocenters. The van der Waals surface area contributed by atoms with E-state index >= 15 is 0 Å². The molecule has 1 aromatic heterocycles. The van der Waals surface area contributed by atoms with E-state index in [4.69, 9.17) is 4.74 Å². The Bertz CT molecular complexity index is 1120. The molecule has 0 saturated heterocycles. The monoisotopic (exact) mass is 407 g/mol. The number of allylic oxidation sites excluding steroid dienone is 4. The summed E-state index contributed by atoms with van der Waals surface area (Å²) in [7, 11) is 0. The van der Waals surface area contributed by atoms with Gasteiger partial charge in [0.25, 0.3) is 0 Å². The number of aliphatic hydroxyl groups is 1. The van der Waals surface area contributed by atoms with Crippen molar-refractivity contribution >= 4 is 11.4 Å². The number of ether oxygens (including phenoxy) is 1. The van der Waals surface area contributed by atoms with Crippen LogP contribution < -0.4 is 0 Å². The Morgan fingerprint density at radius 2 is 1.83 bits per heavy atom. The van der Waals surface area contributed by atoms with E-state index in [-0.39, 0.29) is 22.5 Å². The van der Waals surface area contributed by atoms with E-state index in [9.17, 15) is 25.2 Å². The number of hydrogen-bond donors (Lipinski definition) is 4. The Hall–Kier alpha value is -3.74. The van der Waals surface area contributed by atoms with Crippen molar-refractivity contribution in [3.8, 4) is 17.2 Å². The van der Waals surface area contributed by atoms with E-state index in [0.29, 0.717) is 12.0 Å². The number of hydrogen-bond acceptors (Lipinski definition) is 7. The number of Topliss-reactive ketones (excluding diaryl/α,β-unsaturated/α-hetero) is 1. The molecule has 1 aliphatic carbocycles. The van der Waals surface area contributed by atoms with Crippen molar-refractivity contribution in [2.24, 2.45) is 0 Å². The van der Waals surface area contributed by atoms with Crippen LogP contribution in [0.4, 0.5) is 0 Å². The third kappa shape index (κ3) is 3.08. The molecule has 4 N–H and O–H groups in total. The number of aliphatic hydroxyl groups excluding tert-OH is 1. The van der Waals surface area contributed by atoms with Crippen molar-refractivity contribution in [3.63, 3.8) is 0 Å². The Morgan fingerprint density at radius 1 is 1.13 bits per heavy atom. The molecule has 2 heterocycles. The van der Waals surface area contributed by atoms with Crippen molar-refractivity contribution in [2.75, 3.05) is 0 Å². The number of carbonyl (C=O) groups is 1. The van der Waals surface area contributed by atoms with E-state index in [0.717, 1.165) is 23.3 Å². The molecule has 1 aliphatic heterocycles. The molecule has 1 aromatic carbocycles. The number of rotatable bonds is 3. The molecule has 2 unspecified atom stereocenters. The highest BCUT2D eigenvalue weighted by molar-refractivity contribution is 6.30. The molecule has 0 radical (unpaired) electrons. The third-order valence-electron chi connectivity index (χ3n) is 5.37. The van der Waals surface area contributed by atoms with Crippen LogP contribution in [0.2, 0.25) is 0 Å². The molecule has 2 aliphatic rings. The molecular weight excluding hydrogens is 386 g/mol. The van der Waals surface area contributed by atoms with Crippen molar-refractivity contribution < 1.29 is 30.0 Å². The minimum Gasteiger partial charge on any atom is -0.511 e. The summed E-state index contributed by atoms with van der Waals surface area (Å²) in [5, 5.41) is 40.3. The minimum absolute atomic E-state index is 0.0479. The van der Waals surface area contributed by atoms with Crippen LogP contribution >= 0.6 is 0 Å². The summed E-state index contributed by atoms with van der Waals surface area (Å²) in [6, 6.07) is 4.12. The minimum atomic E-state index is -0.799. The number of phenolic OH excluding ortho intramolecular Hbond substituents is 3. The summed E-state index contributed by atoms with van der Waals surface area (Å²) in [6.07, 6.45) is 6.21. The van der Waals surface area contributed by atoms with Crippen molar-refractivity contribution in [1.82, 2.24) is 4.98 Å². The van der Waals surface area contributed by atoms with Crippen LogP contribution in [0.5, 0.6) is 17.2 Å². The Kier molecular flexibility index (Phi) is 4.73. The van der Waals surface area contributed by atoms with Gasteiger partial charge in [0.1, 0.15) is 5.76 Å². The highest BCUT2D eigenvalue weighted by atomic mass is 16.5. The fourth-order valence-corrected chi connectivity index (χ4v) is 3.84. The standard InChI is InChI=1S/C23H21NO6/c1-11(2)3-4-14-13-5-6-24-9-15(13)23-19(20(14)27)21(28)16(10-30-23)12-7-17(25)22(29)18(26)8-12/h3,5-10,14,23,25-27,29H,4H2,1-2H3. The maximum absolute atomic E-state index is 13.3. The number of ketones is 1. The van der Waals surface area contributed by atoms with Crippen LogP contribution in [0.1, 0.15) is 49.0 Å². The normalized spacial score (nSPS) is 20.1. The van der Waals surface area contributed by atoms with Crippen molar-refractivity contribution in [1.29, 1.82) is 0 Å². The summed E-state index contributed by atoms with van der Waals surface area (Å²) in [6.45, 7) is 3.92. The van der Waals surface area contributed by atoms with Gasteiger partial charge in [-0.15, -0.1) is 0 Å². The van der Waals surface area contributed by atoms with Gasteiger partial charge in [0, 0.05) is 23.9 Å². The highest BCUT2D eigenvalue weighted by Gasteiger charge is 2.42. The van der Waals surface area contributed by atoms with Crippen LogP contribution in [-0.4, -0.2) is 31.2 Å². The predicted molar refractivity (Wildman–Crippen MR) is 109 cm³/mol. The first-order valence-corrected chi connectivity index (χ1v) is 9.45. The van der Waals surface area contributed by atoms with Gasteiger partial charge in [-0.2, -0.15) is 0 Å². The zero-order valence-corrected chi connectivity index (χ0v) is 16.5. The molecule has 7 nitrogen and oxygen atoms in total. The maximum atomic E-state index is 13.3. The Labute approximate surface area is 172 Å². The lowest BCUT2D eigenvalue weighted by atomic mass is 9.76. The molecule has 0 fully saturated rings. The fourth-order valence-electron chi connectivity index (χ4n) is 3.84. The number of carbonyl (C=O) groups excluding carboxylic acids is 1. The van der Waals surface area contributed by atoms with Gasteiger partial charge in [0.2, 0.25) is 0 Å². The van der Waals surface area contributed by atoms with Gasteiger partial charge >= 0.3 is 0 Å². The molecule has 7 heteroatoms. The van der Waals surface area contributed by atoms with E-state index in [1.54, 1.807) is 12.4 Å². The topological polar surface area (TPSA) is 120 Å². The number of pyridine rings is 1. The molecule has 2 aromatic rings. The predicted octanol–water partition coefficient (Wildman–Crippen LogP) is 4.15. The quantitative estimate of drug-likeness (QED) is 0.446. The van der Waals surface area contributed by atoms with Gasteiger partial charge in [0.15, 0.2) is 29.1 Å². The molecule has 30 heavy (non-hydrogen) atoms. The summed E-state index contributed by atoms with van der Waals surface area (Å²) in [4.78, 5) is 17.5. The van der Waals surface area contributed by atoms with Crippen molar-refractivity contribution in [2.45, 2.75) is 32.3 Å². The van der Waals surface area contributed by atoms with Gasteiger partial charge < -0.3 is 25.2 Å². The average Bonchev–Trinajstić information content (AvgIpc) is 2.71. The molecule has 0 bridgehead atoms. The highest BCUT2D eigenvalue weighted by Crippen LogP contribution is 2.48. The molecule has 0 saturated carbocycles. The van der Waals surface area contributed by atoms with Gasteiger partial charge in [-0.1, -0.05) is 11.6 Å². The summed E-state index contributed by atoms with van der Waals surface area (Å²) in [5.74, 6) is -2.79. The third-order valence-corrected chi connectivity index (χ3v) is 5.37. The second-order valence-electron chi connectivity index (χ2n) is 7.61. The summed E-state index contributed by atoms with van der Waals surface area (Å²) >= 11 is 0. The first-order chi connectivity index (χ1) is 14.3. The maximum Gasteiger partial charge on any atom is 0.200 e. The lowest BCUT2D eigenvalue weighted by molar-refractivity contribution is -0.112. The second-order valence-corrected chi connectivity index (χ2v) is 7.61. The fraction of sp³-hybridized carbons (Fsp3) is 0.217. The van der Waals surface area contributed by atoms with Crippen LogP contribution in [0.15, 0.2) is 59.8 Å². The number of nitrogens with zero attached hydrogens (tertiary/aromatic N) is 1. The van der Waals surface area contributed by atoms with Crippen molar-refractivity contribution in [3.05, 3.63) is 76.5 Å². The summed E-state index contributed by atoms with van der Waals surface area (Å²) in [5.41, 5.74) is 2.95. The molecule has 4 rings (SSSR count). The van der Waals surface area contributed by atoms with E-state index in [1.165, 1.54) is 6.26 Å². The van der Waals surface area contributed by atoms with Gasteiger partial charge in [0.05, 0.1) is 17.4 Å². The van der Waals surface area contributed by atoms with Gasteiger partial charge in [-0.3, -0.25) is 9.78 Å². The SMILES string of the molecule is CC(C)=CCC1C(O)=C2C(=O)C(c3cc(O)c(O)c(O)c3)=COC2c2cnccc21. The largest absolute Gasteiger partial charge is 0.511 e. The van der Waals surface area contributed by atoms with Crippen LogP contribution in [0.25, 0.3) is 5.57 Å². The smallest absolute Gasteiger partial charge is 0.200 e. The van der Waals surface area contributed by atoms with E-state index in [1.807, 2.05) is 26.0 Å². The Balaban J connectivity index is 1.84. The molecule has 154 valence electrons.